The molecule has 1 saturated carbocycles. The van der Waals surface area contributed by atoms with Gasteiger partial charge in [0.1, 0.15) is 0 Å². The summed E-state index contributed by atoms with van der Waals surface area (Å²) in [6.07, 6.45) is 3.68. The minimum absolute atomic E-state index is 0.00488. The van der Waals surface area contributed by atoms with Gasteiger partial charge in [0.05, 0.1) is 5.41 Å². The number of carbonyl (C=O) groups is 2. The Morgan fingerprint density at radius 2 is 2.25 bits per heavy atom. The van der Waals surface area contributed by atoms with Gasteiger partial charge in [0.25, 0.3) is 0 Å². The smallest absolute Gasteiger partial charge is 0.310 e. The lowest BCUT2D eigenvalue weighted by Gasteiger charge is -2.30. The van der Waals surface area contributed by atoms with Crippen molar-refractivity contribution in [3.05, 3.63) is 0 Å². The third kappa shape index (κ3) is 2.77. The molecule has 0 bridgehead atoms. The summed E-state index contributed by atoms with van der Waals surface area (Å²) in [4.78, 5) is 22.6. The van der Waals surface area contributed by atoms with Gasteiger partial charge in [0.2, 0.25) is 0 Å². The Morgan fingerprint density at radius 1 is 1.56 bits per heavy atom. The van der Waals surface area contributed by atoms with Gasteiger partial charge in [-0.05, 0) is 32.2 Å². The molecular formula is C11H19NO3S. The van der Waals surface area contributed by atoms with Crippen LogP contribution in [0.25, 0.3) is 0 Å². The Labute approximate surface area is 100.0 Å². The molecule has 1 aliphatic carbocycles. The van der Waals surface area contributed by atoms with E-state index in [1.807, 2.05) is 0 Å². The van der Waals surface area contributed by atoms with E-state index in [2.05, 4.69) is 0 Å². The van der Waals surface area contributed by atoms with Crippen molar-refractivity contribution in [2.24, 2.45) is 11.1 Å². The number of hydrogen-bond acceptors (Lipinski definition) is 4. The fourth-order valence-electron chi connectivity index (χ4n) is 2.47. The van der Waals surface area contributed by atoms with Crippen LogP contribution >= 0.6 is 11.8 Å². The van der Waals surface area contributed by atoms with E-state index in [4.69, 9.17) is 5.73 Å². The molecule has 0 spiro atoms. The molecule has 1 aliphatic rings. The second kappa shape index (κ2) is 5.68. The summed E-state index contributed by atoms with van der Waals surface area (Å²) in [6.45, 7) is 2.00. The molecule has 4 nitrogen and oxygen atoms in total. The monoisotopic (exact) mass is 245 g/mol. The van der Waals surface area contributed by atoms with E-state index in [1.54, 1.807) is 0 Å². The van der Waals surface area contributed by atoms with Gasteiger partial charge in [-0.15, -0.1) is 0 Å². The fourth-order valence-corrected chi connectivity index (χ4v) is 3.71. The Hall–Kier alpha value is -0.550. The van der Waals surface area contributed by atoms with Crippen LogP contribution in [0.15, 0.2) is 0 Å². The molecule has 1 rings (SSSR count). The van der Waals surface area contributed by atoms with E-state index in [9.17, 15) is 14.7 Å². The normalized spacial score (nSPS) is 29.2. The Balaban J connectivity index is 2.80. The lowest BCUT2D eigenvalue weighted by molar-refractivity contribution is -0.148. The van der Waals surface area contributed by atoms with Crippen LogP contribution in [0.1, 0.15) is 39.0 Å². The van der Waals surface area contributed by atoms with E-state index >= 15 is 0 Å². The fraction of sp³-hybridized carbons (Fsp3) is 0.818. The van der Waals surface area contributed by atoms with Gasteiger partial charge in [0.15, 0.2) is 5.12 Å². The maximum atomic E-state index is 11.5. The highest BCUT2D eigenvalue weighted by Gasteiger charge is 2.49. The summed E-state index contributed by atoms with van der Waals surface area (Å²) in [6, 6.07) is 0. The molecular weight excluding hydrogens is 226 g/mol. The molecule has 0 aliphatic heterocycles. The maximum absolute atomic E-state index is 11.5. The zero-order valence-corrected chi connectivity index (χ0v) is 10.4. The van der Waals surface area contributed by atoms with Crippen molar-refractivity contribution in [1.29, 1.82) is 0 Å². The molecule has 16 heavy (non-hydrogen) atoms. The third-order valence-electron chi connectivity index (χ3n) is 3.27. The number of carboxylic acids is 1. The molecule has 0 saturated heterocycles. The standard InChI is InChI=1S/C11H19NO3S/c1-8(13)16-9-4-2-5-11(9,10(14)15)6-3-7-12/h9H,2-7,12H2,1H3,(H,14,15)/t9-,11-/m1/s1. The van der Waals surface area contributed by atoms with Gasteiger partial charge in [-0.25, -0.2) is 0 Å². The molecule has 3 N–H and O–H groups in total. The maximum Gasteiger partial charge on any atom is 0.310 e. The third-order valence-corrected chi connectivity index (χ3v) is 4.57. The van der Waals surface area contributed by atoms with Gasteiger partial charge in [-0.2, -0.15) is 0 Å². The lowest BCUT2D eigenvalue weighted by Crippen LogP contribution is -2.37. The second-order valence-electron chi connectivity index (χ2n) is 4.34. The summed E-state index contributed by atoms with van der Waals surface area (Å²) >= 11 is 1.19. The first kappa shape index (κ1) is 13.5. The molecule has 0 amide bonds. The summed E-state index contributed by atoms with van der Waals surface area (Å²) < 4.78 is 0. The van der Waals surface area contributed by atoms with Crippen LogP contribution in [0.4, 0.5) is 0 Å². The molecule has 1 fully saturated rings. The number of carbonyl (C=O) groups excluding carboxylic acids is 1. The van der Waals surface area contributed by atoms with E-state index in [-0.39, 0.29) is 10.4 Å². The van der Waals surface area contributed by atoms with Crippen LogP contribution in [-0.2, 0) is 9.59 Å². The van der Waals surface area contributed by atoms with Crippen molar-refractivity contribution < 1.29 is 14.7 Å². The highest BCUT2D eigenvalue weighted by atomic mass is 32.2. The summed E-state index contributed by atoms with van der Waals surface area (Å²) in [5.74, 6) is -0.766. The van der Waals surface area contributed by atoms with Gasteiger partial charge < -0.3 is 10.8 Å². The molecule has 92 valence electrons. The zero-order valence-electron chi connectivity index (χ0n) is 9.57. The molecule has 2 atom stereocenters. The van der Waals surface area contributed by atoms with Crippen LogP contribution in [0.2, 0.25) is 0 Å². The van der Waals surface area contributed by atoms with Crippen molar-refractivity contribution >= 4 is 22.8 Å². The van der Waals surface area contributed by atoms with Crippen LogP contribution < -0.4 is 5.73 Å². The van der Waals surface area contributed by atoms with E-state index in [0.29, 0.717) is 25.8 Å². The largest absolute Gasteiger partial charge is 0.481 e. The van der Waals surface area contributed by atoms with E-state index in [0.717, 1.165) is 12.8 Å². The highest BCUT2D eigenvalue weighted by Crippen LogP contribution is 2.48. The lowest BCUT2D eigenvalue weighted by atomic mass is 9.81. The number of aliphatic carboxylic acids is 1. The van der Waals surface area contributed by atoms with Crippen LogP contribution in [-0.4, -0.2) is 28.0 Å². The van der Waals surface area contributed by atoms with Crippen molar-refractivity contribution in [3.63, 3.8) is 0 Å². The number of thioether (sulfide) groups is 1. The number of carboxylic acid groups (broad SMARTS) is 1. The molecule has 0 unspecified atom stereocenters. The van der Waals surface area contributed by atoms with Crippen molar-refractivity contribution in [2.75, 3.05) is 6.54 Å². The quantitative estimate of drug-likeness (QED) is 0.769. The minimum atomic E-state index is -0.766. The summed E-state index contributed by atoms with van der Waals surface area (Å²) in [5, 5.41) is 9.34. The highest BCUT2D eigenvalue weighted by molar-refractivity contribution is 8.14. The zero-order chi connectivity index (χ0) is 12.2. The van der Waals surface area contributed by atoms with Crippen LogP contribution in [0.3, 0.4) is 0 Å². The van der Waals surface area contributed by atoms with Gasteiger partial charge in [-0.1, -0.05) is 18.2 Å². The Morgan fingerprint density at radius 3 is 2.75 bits per heavy atom. The van der Waals surface area contributed by atoms with Crippen molar-refractivity contribution in [2.45, 2.75) is 44.3 Å². The number of nitrogens with two attached hydrogens (primary N) is 1. The summed E-state index contributed by atoms with van der Waals surface area (Å²) in [7, 11) is 0. The molecule has 0 aromatic carbocycles. The van der Waals surface area contributed by atoms with Gasteiger partial charge in [0, 0.05) is 12.2 Å². The minimum Gasteiger partial charge on any atom is -0.481 e. The predicted octanol–water partition coefficient (Wildman–Crippen LogP) is 1.63. The summed E-state index contributed by atoms with van der Waals surface area (Å²) in [5.41, 5.74) is 4.72. The number of rotatable bonds is 5. The first-order chi connectivity index (χ1) is 7.53. The number of hydrogen-bond donors (Lipinski definition) is 2. The molecule has 0 heterocycles. The van der Waals surface area contributed by atoms with E-state index in [1.165, 1.54) is 18.7 Å². The molecule has 0 aromatic rings. The first-order valence-electron chi connectivity index (χ1n) is 5.63. The van der Waals surface area contributed by atoms with Crippen LogP contribution in [0.5, 0.6) is 0 Å². The van der Waals surface area contributed by atoms with Crippen molar-refractivity contribution in [3.8, 4) is 0 Å². The SMILES string of the molecule is CC(=O)S[C@@H]1CCC[C@]1(CCCN)C(=O)O. The predicted molar refractivity (Wildman–Crippen MR) is 64.3 cm³/mol. The second-order valence-corrected chi connectivity index (χ2v) is 5.72. The average Bonchev–Trinajstić information content (AvgIpc) is 2.58. The van der Waals surface area contributed by atoms with Crippen LogP contribution in [0, 0.1) is 5.41 Å². The molecule has 5 heteroatoms. The first-order valence-corrected chi connectivity index (χ1v) is 6.51. The molecule has 0 radical (unpaired) electrons. The average molecular weight is 245 g/mol. The van der Waals surface area contributed by atoms with Gasteiger partial charge >= 0.3 is 5.97 Å². The van der Waals surface area contributed by atoms with Crippen molar-refractivity contribution in [1.82, 2.24) is 0 Å². The van der Waals surface area contributed by atoms with E-state index < -0.39 is 11.4 Å². The topological polar surface area (TPSA) is 80.4 Å². The van der Waals surface area contributed by atoms with Gasteiger partial charge in [-0.3, -0.25) is 9.59 Å². The Bertz CT molecular complexity index is 282. The molecule has 0 aromatic heterocycles. The Kier molecular flexibility index (Phi) is 4.80.